The third-order valence-corrected chi connectivity index (χ3v) is 3.61. The van der Waals surface area contributed by atoms with Gasteiger partial charge in [0.1, 0.15) is 0 Å². The SMILES string of the molecule is O=C(O)C1=Cc2ccccc2O[AsH]1. The van der Waals surface area contributed by atoms with E-state index in [1.54, 1.807) is 6.08 Å². The number of fused-ring (bicyclic) bond motifs is 1. The maximum atomic E-state index is 10.6. The Morgan fingerprint density at radius 1 is 1.38 bits per heavy atom. The molecule has 0 fully saturated rings. The van der Waals surface area contributed by atoms with E-state index in [0.29, 0.717) is 4.36 Å². The average Bonchev–Trinajstić information content (AvgIpc) is 2.17. The molecule has 0 bridgehead atoms. The second kappa shape index (κ2) is 3.27. The minimum absolute atomic E-state index is 0.415. The predicted molar refractivity (Wildman–Crippen MR) is 49.8 cm³/mol. The molecular formula is C9H7AsO3. The molecule has 0 saturated heterocycles. The number of carboxylic acids is 1. The molecule has 1 aromatic rings. The van der Waals surface area contributed by atoms with Crippen molar-refractivity contribution >= 4 is 28.1 Å². The number of rotatable bonds is 1. The van der Waals surface area contributed by atoms with Gasteiger partial charge in [0.2, 0.25) is 0 Å². The van der Waals surface area contributed by atoms with E-state index >= 15 is 0 Å². The Hall–Kier alpha value is -1.21. The van der Waals surface area contributed by atoms with E-state index in [9.17, 15) is 4.79 Å². The van der Waals surface area contributed by atoms with Gasteiger partial charge in [0.25, 0.3) is 0 Å². The van der Waals surface area contributed by atoms with E-state index in [2.05, 4.69) is 0 Å². The summed E-state index contributed by atoms with van der Waals surface area (Å²) in [6, 6.07) is 7.45. The van der Waals surface area contributed by atoms with Gasteiger partial charge >= 0.3 is 81.7 Å². The van der Waals surface area contributed by atoms with Crippen LogP contribution in [0, 0.1) is 0 Å². The van der Waals surface area contributed by atoms with Crippen LogP contribution in [0.3, 0.4) is 0 Å². The Morgan fingerprint density at radius 3 is 2.92 bits per heavy atom. The molecule has 0 radical (unpaired) electrons. The third kappa shape index (κ3) is 1.60. The molecular weight excluding hydrogens is 231 g/mol. The predicted octanol–water partition coefficient (Wildman–Crippen LogP) is 0.856. The summed E-state index contributed by atoms with van der Waals surface area (Å²) < 4.78 is 5.79. The number of para-hydroxylation sites is 1. The Balaban J connectivity index is 2.44. The first-order valence-electron chi connectivity index (χ1n) is 3.74. The zero-order valence-corrected chi connectivity index (χ0v) is 8.75. The molecule has 0 aliphatic carbocycles. The van der Waals surface area contributed by atoms with Gasteiger partial charge in [-0.2, -0.15) is 0 Å². The van der Waals surface area contributed by atoms with Gasteiger partial charge in [-0.25, -0.2) is 0 Å². The van der Waals surface area contributed by atoms with Gasteiger partial charge in [0.05, 0.1) is 0 Å². The molecule has 13 heavy (non-hydrogen) atoms. The molecule has 0 saturated carbocycles. The fourth-order valence-electron chi connectivity index (χ4n) is 1.09. The van der Waals surface area contributed by atoms with E-state index in [1.165, 1.54) is 0 Å². The summed E-state index contributed by atoms with van der Waals surface area (Å²) in [5.41, 5.74) is 0.856. The first kappa shape index (κ1) is 8.39. The van der Waals surface area contributed by atoms with E-state index in [4.69, 9.17) is 8.83 Å². The zero-order valence-electron chi connectivity index (χ0n) is 6.65. The van der Waals surface area contributed by atoms with Crippen LogP contribution in [-0.2, 0) is 4.79 Å². The fraction of sp³-hybridized carbons (Fsp3) is 0. The van der Waals surface area contributed by atoms with Crippen molar-refractivity contribution in [3.05, 3.63) is 34.2 Å². The number of benzene rings is 1. The van der Waals surface area contributed by atoms with E-state index in [1.807, 2.05) is 24.3 Å². The first-order chi connectivity index (χ1) is 6.27. The summed E-state index contributed by atoms with van der Waals surface area (Å²) in [6.45, 7) is 0. The molecule has 1 heterocycles. The van der Waals surface area contributed by atoms with E-state index in [-0.39, 0.29) is 0 Å². The van der Waals surface area contributed by atoms with Gasteiger partial charge in [0.15, 0.2) is 0 Å². The fourth-order valence-corrected chi connectivity index (χ4v) is 2.58. The molecule has 0 amide bonds. The van der Waals surface area contributed by atoms with Crippen LogP contribution in [0.5, 0.6) is 5.75 Å². The topological polar surface area (TPSA) is 46.5 Å². The van der Waals surface area contributed by atoms with Crippen LogP contribution in [0.15, 0.2) is 28.6 Å². The Bertz CT molecular complexity index is 384. The molecule has 1 aliphatic rings. The average molecular weight is 238 g/mol. The van der Waals surface area contributed by atoms with Crippen molar-refractivity contribution in [1.82, 2.24) is 0 Å². The second-order valence-electron chi connectivity index (χ2n) is 2.61. The number of aliphatic carboxylic acids is 1. The monoisotopic (exact) mass is 238 g/mol. The van der Waals surface area contributed by atoms with Crippen molar-refractivity contribution in [1.29, 1.82) is 0 Å². The molecule has 4 heteroatoms. The molecule has 0 spiro atoms. The second-order valence-corrected chi connectivity index (χ2v) is 4.59. The van der Waals surface area contributed by atoms with Crippen molar-refractivity contribution < 1.29 is 13.6 Å². The summed E-state index contributed by atoms with van der Waals surface area (Å²) in [7, 11) is 0. The molecule has 1 aromatic carbocycles. The molecule has 1 aliphatic heterocycles. The van der Waals surface area contributed by atoms with Gasteiger partial charge in [-0.3, -0.25) is 0 Å². The van der Waals surface area contributed by atoms with Crippen molar-refractivity contribution in [3.8, 4) is 5.75 Å². The molecule has 66 valence electrons. The van der Waals surface area contributed by atoms with Gasteiger partial charge in [-0.05, 0) is 0 Å². The summed E-state index contributed by atoms with van der Waals surface area (Å²) in [6.07, 6.45) is 1.70. The van der Waals surface area contributed by atoms with Crippen molar-refractivity contribution in [2.45, 2.75) is 0 Å². The molecule has 2 rings (SSSR count). The summed E-state index contributed by atoms with van der Waals surface area (Å²) in [5, 5.41) is 8.75. The maximum absolute atomic E-state index is 10.6. The van der Waals surface area contributed by atoms with Gasteiger partial charge in [0, 0.05) is 0 Å². The standard InChI is InChI=1S/C9H7AsO3/c11-9(12)7-5-6-3-1-2-4-8(6)13-10-7/h1-5,10H,(H,11,12). The Kier molecular flexibility index (Phi) is 2.11. The van der Waals surface area contributed by atoms with Gasteiger partial charge in [-0.1, -0.05) is 0 Å². The minimum atomic E-state index is -0.950. The van der Waals surface area contributed by atoms with E-state index < -0.39 is 22.1 Å². The first-order valence-corrected chi connectivity index (χ1v) is 5.65. The van der Waals surface area contributed by atoms with Gasteiger partial charge < -0.3 is 0 Å². The van der Waals surface area contributed by atoms with E-state index in [0.717, 1.165) is 11.3 Å². The van der Waals surface area contributed by atoms with Crippen LogP contribution in [0.1, 0.15) is 5.56 Å². The normalized spacial score (nSPS) is 15.8. The molecule has 1 atom stereocenters. The van der Waals surface area contributed by atoms with Crippen molar-refractivity contribution in [3.63, 3.8) is 0 Å². The van der Waals surface area contributed by atoms with Crippen LogP contribution in [0.25, 0.3) is 6.08 Å². The number of hydrogen-bond donors (Lipinski definition) is 1. The van der Waals surface area contributed by atoms with Crippen LogP contribution in [0.2, 0.25) is 0 Å². The summed E-state index contributed by atoms with van der Waals surface area (Å²) in [4.78, 5) is 10.6. The zero-order chi connectivity index (χ0) is 9.26. The number of hydrogen-bond acceptors (Lipinski definition) is 2. The van der Waals surface area contributed by atoms with Crippen LogP contribution < -0.4 is 3.73 Å². The molecule has 3 nitrogen and oxygen atoms in total. The Morgan fingerprint density at radius 2 is 2.15 bits per heavy atom. The number of carboxylic acid groups (broad SMARTS) is 1. The summed E-state index contributed by atoms with van der Waals surface area (Å²) in [5.74, 6) is -0.0676. The summed E-state index contributed by atoms with van der Waals surface area (Å²) >= 11 is -0.950. The Labute approximate surface area is 82.1 Å². The quantitative estimate of drug-likeness (QED) is 0.738. The van der Waals surface area contributed by atoms with Crippen LogP contribution >= 0.6 is 0 Å². The molecule has 1 unspecified atom stereocenters. The van der Waals surface area contributed by atoms with Crippen LogP contribution in [0.4, 0.5) is 0 Å². The molecule has 0 aromatic heterocycles. The van der Waals surface area contributed by atoms with Crippen molar-refractivity contribution in [2.24, 2.45) is 0 Å². The third-order valence-electron chi connectivity index (χ3n) is 1.72. The molecule has 1 N–H and O–H groups in total. The van der Waals surface area contributed by atoms with Crippen molar-refractivity contribution in [2.75, 3.05) is 0 Å². The van der Waals surface area contributed by atoms with Crippen LogP contribution in [-0.4, -0.2) is 27.2 Å². The van der Waals surface area contributed by atoms with Gasteiger partial charge in [-0.15, -0.1) is 0 Å². The number of carbonyl (C=O) groups is 1.